The van der Waals surface area contributed by atoms with E-state index in [9.17, 15) is 4.79 Å². The van der Waals surface area contributed by atoms with Crippen LogP contribution in [0.2, 0.25) is 0 Å². The van der Waals surface area contributed by atoms with Crippen LogP contribution >= 0.6 is 0 Å². The molecule has 4 rings (SSSR count). The minimum absolute atomic E-state index is 0.0171. The van der Waals surface area contributed by atoms with Gasteiger partial charge in [-0.2, -0.15) is 0 Å². The zero-order valence-electron chi connectivity index (χ0n) is 13.6. The molecule has 1 aromatic heterocycles. The maximum absolute atomic E-state index is 13.0. The number of carbonyl (C=O) groups excluding carboxylic acids is 1. The van der Waals surface area contributed by atoms with Gasteiger partial charge in [-0.05, 0) is 55.0 Å². The Morgan fingerprint density at radius 3 is 2.96 bits per heavy atom. The molecule has 0 spiro atoms. The lowest BCUT2D eigenvalue weighted by atomic mass is 9.94. The molecule has 1 amide bonds. The fourth-order valence-electron chi connectivity index (χ4n) is 3.37. The van der Waals surface area contributed by atoms with Crippen molar-refractivity contribution in [2.45, 2.75) is 25.7 Å². The molecule has 1 aliphatic heterocycles. The van der Waals surface area contributed by atoms with Crippen LogP contribution in [-0.4, -0.2) is 24.0 Å². The highest BCUT2D eigenvalue weighted by atomic mass is 16.5. The van der Waals surface area contributed by atoms with E-state index >= 15 is 0 Å². The predicted octanol–water partition coefficient (Wildman–Crippen LogP) is 4.08. The van der Waals surface area contributed by atoms with Crippen molar-refractivity contribution in [1.29, 1.82) is 0 Å². The lowest BCUT2D eigenvalue weighted by molar-refractivity contribution is 0.0976. The number of hydrogen-bond donors (Lipinski definition) is 0. The lowest BCUT2D eigenvalue weighted by Crippen LogP contribution is -2.38. The number of carbonyl (C=O) groups is 1. The van der Waals surface area contributed by atoms with E-state index in [1.165, 1.54) is 18.4 Å². The number of anilines is 1. The number of nitrogens with zero attached hydrogens (tertiary/aromatic N) is 2. The van der Waals surface area contributed by atoms with Crippen molar-refractivity contribution in [3.05, 3.63) is 59.9 Å². The average Bonchev–Trinajstić information content (AvgIpc) is 2.68. The van der Waals surface area contributed by atoms with Gasteiger partial charge in [0.1, 0.15) is 12.4 Å². The normalized spacial score (nSPS) is 16.8. The van der Waals surface area contributed by atoms with E-state index in [0.29, 0.717) is 18.7 Å². The third kappa shape index (κ3) is 2.80. The number of benzene rings is 1. The monoisotopic (exact) mass is 320 g/mol. The maximum Gasteiger partial charge on any atom is 0.260 e. The highest BCUT2D eigenvalue weighted by molar-refractivity contribution is 6.07. The second-order valence-corrected chi connectivity index (χ2v) is 6.21. The Labute approximate surface area is 141 Å². The largest absolute Gasteiger partial charge is 0.490 e. The molecule has 0 radical (unpaired) electrons. The van der Waals surface area contributed by atoms with E-state index in [-0.39, 0.29) is 5.91 Å². The van der Waals surface area contributed by atoms with Gasteiger partial charge in [-0.15, -0.1) is 0 Å². The maximum atomic E-state index is 13.0. The Morgan fingerprint density at radius 2 is 2.08 bits per heavy atom. The molecule has 0 fully saturated rings. The van der Waals surface area contributed by atoms with Gasteiger partial charge in [0.15, 0.2) is 0 Å². The summed E-state index contributed by atoms with van der Waals surface area (Å²) in [6.07, 6.45) is 10.4. The van der Waals surface area contributed by atoms with Crippen molar-refractivity contribution in [2.75, 3.05) is 18.1 Å². The molecule has 2 aliphatic rings. The fourth-order valence-corrected chi connectivity index (χ4v) is 3.37. The molecule has 4 heteroatoms. The van der Waals surface area contributed by atoms with Gasteiger partial charge in [0.05, 0.1) is 17.8 Å². The highest BCUT2D eigenvalue weighted by Crippen LogP contribution is 2.32. The number of aromatic nitrogens is 1. The summed E-state index contributed by atoms with van der Waals surface area (Å²) in [5, 5.41) is 0. The molecule has 2 aromatic rings. The topological polar surface area (TPSA) is 42.4 Å². The summed E-state index contributed by atoms with van der Waals surface area (Å²) in [5.41, 5.74) is 3.85. The minimum atomic E-state index is -0.0171. The third-order valence-electron chi connectivity index (χ3n) is 4.62. The van der Waals surface area contributed by atoms with Gasteiger partial charge < -0.3 is 9.64 Å². The summed E-state index contributed by atoms with van der Waals surface area (Å²) in [5.74, 6) is 0.743. The predicted molar refractivity (Wildman–Crippen MR) is 94.3 cm³/mol. The first-order chi connectivity index (χ1) is 11.8. The van der Waals surface area contributed by atoms with Crippen LogP contribution in [0.15, 0.2) is 48.8 Å². The third-order valence-corrected chi connectivity index (χ3v) is 4.62. The summed E-state index contributed by atoms with van der Waals surface area (Å²) in [6.45, 7) is 1.07. The second-order valence-electron chi connectivity index (χ2n) is 6.21. The molecule has 24 heavy (non-hydrogen) atoms. The number of para-hydroxylation sites is 2. The zero-order valence-corrected chi connectivity index (χ0v) is 13.6. The number of amides is 1. The summed E-state index contributed by atoms with van der Waals surface area (Å²) < 4.78 is 5.64. The molecule has 4 nitrogen and oxygen atoms in total. The van der Waals surface area contributed by atoms with Gasteiger partial charge in [0.2, 0.25) is 0 Å². The van der Waals surface area contributed by atoms with E-state index in [0.717, 1.165) is 29.8 Å². The van der Waals surface area contributed by atoms with Crippen LogP contribution < -0.4 is 9.64 Å². The van der Waals surface area contributed by atoms with Gasteiger partial charge in [-0.25, -0.2) is 0 Å². The van der Waals surface area contributed by atoms with Crippen LogP contribution in [0.25, 0.3) is 5.57 Å². The molecule has 2 heterocycles. The first-order valence-electron chi connectivity index (χ1n) is 8.51. The summed E-state index contributed by atoms with van der Waals surface area (Å²) >= 11 is 0. The fraction of sp³-hybridized carbons (Fsp3) is 0.300. The van der Waals surface area contributed by atoms with E-state index in [1.54, 1.807) is 11.1 Å². The van der Waals surface area contributed by atoms with Gasteiger partial charge in [0.25, 0.3) is 5.91 Å². The van der Waals surface area contributed by atoms with Crippen LogP contribution in [0.1, 0.15) is 41.6 Å². The number of hydrogen-bond acceptors (Lipinski definition) is 3. The van der Waals surface area contributed by atoms with Gasteiger partial charge in [-0.1, -0.05) is 18.2 Å². The molecular weight excluding hydrogens is 300 g/mol. The number of fused-ring (bicyclic) bond motifs is 1. The molecular formula is C20H20N2O2. The average molecular weight is 320 g/mol. The van der Waals surface area contributed by atoms with Gasteiger partial charge >= 0.3 is 0 Å². The molecule has 122 valence electrons. The minimum Gasteiger partial charge on any atom is -0.490 e. The first-order valence-corrected chi connectivity index (χ1v) is 8.51. The van der Waals surface area contributed by atoms with Crippen LogP contribution in [0.5, 0.6) is 5.75 Å². The quantitative estimate of drug-likeness (QED) is 0.837. The van der Waals surface area contributed by atoms with Crippen molar-refractivity contribution in [3.8, 4) is 5.75 Å². The van der Waals surface area contributed by atoms with Crippen molar-refractivity contribution < 1.29 is 9.53 Å². The van der Waals surface area contributed by atoms with Crippen LogP contribution in [0.4, 0.5) is 5.69 Å². The van der Waals surface area contributed by atoms with Gasteiger partial charge in [0, 0.05) is 12.4 Å². The Balaban J connectivity index is 1.65. The molecule has 0 unspecified atom stereocenters. The van der Waals surface area contributed by atoms with Crippen LogP contribution in [0, 0.1) is 0 Å². The summed E-state index contributed by atoms with van der Waals surface area (Å²) in [4.78, 5) is 19.1. The molecule has 0 atom stereocenters. The molecule has 0 saturated heterocycles. The highest BCUT2D eigenvalue weighted by Gasteiger charge is 2.24. The lowest BCUT2D eigenvalue weighted by Gasteiger charge is -2.29. The summed E-state index contributed by atoms with van der Waals surface area (Å²) in [6, 6.07) is 9.65. The summed E-state index contributed by atoms with van der Waals surface area (Å²) in [7, 11) is 0. The number of allylic oxidation sites excluding steroid dienone is 2. The second kappa shape index (κ2) is 6.48. The number of rotatable bonds is 2. The molecule has 1 aromatic carbocycles. The van der Waals surface area contributed by atoms with Crippen LogP contribution in [0.3, 0.4) is 0 Å². The zero-order chi connectivity index (χ0) is 16.4. The smallest absolute Gasteiger partial charge is 0.260 e. The Bertz CT molecular complexity index is 798. The number of pyridine rings is 1. The van der Waals surface area contributed by atoms with Crippen molar-refractivity contribution >= 4 is 17.2 Å². The van der Waals surface area contributed by atoms with E-state index < -0.39 is 0 Å². The molecule has 0 bridgehead atoms. The van der Waals surface area contributed by atoms with E-state index in [2.05, 4.69) is 11.1 Å². The van der Waals surface area contributed by atoms with E-state index in [4.69, 9.17) is 4.74 Å². The Hall–Kier alpha value is -2.62. The molecule has 0 saturated carbocycles. The van der Waals surface area contributed by atoms with Crippen molar-refractivity contribution in [2.24, 2.45) is 0 Å². The Morgan fingerprint density at radius 1 is 1.17 bits per heavy atom. The molecule has 0 N–H and O–H groups in total. The molecule has 1 aliphatic carbocycles. The SMILES string of the molecule is O=C(c1cncc(C2=CCCCC2)c1)N1CCOc2ccccc21. The van der Waals surface area contributed by atoms with E-state index in [1.807, 2.05) is 36.5 Å². The number of ether oxygens (including phenoxy) is 1. The van der Waals surface area contributed by atoms with Crippen LogP contribution in [-0.2, 0) is 0 Å². The van der Waals surface area contributed by atoms with Crippen molar-refractivity contribution in [3.63, 3.8) is 0 Å². The Kier molecular flexibility index (Phi) is 4.03. The standard InChI is InChI=1S/C20H20N2O2/c23-20(22-10-11-24-19-9-5-4-8-18(19)22)17-12-16(13-21-14-17)15-6-2-1-3-7-15/h4-6,8-9,12-14H,1-3,7,10-11H2. The van der Waals surface area contributed by atoms with Gasteiger partial charge in [-0.3, -0.25) is 9.78 Å². The van der Waals surface area contributed by atoms with Crippen molar-refractivity contribution in [1.82, 2.24) is 4.98 Å². The first kappa shape index (κ1) is 14.9.